The summed E-state index contributed by atoms with van der Waals surface area (Å²) in [5, 5.41) is 2.99. The van der Waals surface area contributed by atoms with E-state index in [-0.39, 0.29) is 5.91 Å². The SMILES string of the molecule is Cc1ccc(CNC(=O)c2cccc(CN3CCOCC3)c2)cc1. The van der Waals surface area contributed by atoms with Gasteiger partial charge in [0.05, 0.1) is 13.2 Å². The van der Waals surface area contributed by atoms with Crippen molar-refractivity contribution in [3.05, 3.63) is 70.8 Å². The molecule has 24 heavy (non-hydrogen) atoms. The number of benzene rings is 2. The van der Waals surface area contributed by atoms with Gasteiger partial charge in [-0.15, -0.1) is 0 Å². The van der Waals surface area contributed by atoms with Gasteiger partial charge < -0.3 is 10.1 Å². The predicted molar refractivity (Wildman–Crippen MR) is 94.9 cm³/mol. The lowest BCUT2D eigenvalue weighted by molar-refractivity contribution is 0.0342. The van der Waals surface area contributed by atoms with E-state index in [2.05, 4.69) is 35.3 Å². The number of nitrogens with one attached hydrogen (secondary N) is 1. The maximum atomic E-state index is 12.4. The number of morpholine rings is 1. The first kappa shape index (κ1) is 16.7. The van der Waals surface area contributed by atoms with Crippen molar-refractivity contribution in [2.75, 3.05) is 26.3 Å². The highest BCUT2D eigenvalue weighted by Crippen LogP contribution is 2.10. The van der Waals surface area contributed by atoms with Crippen LogP contribution in [-0.2, 0) is 17.8 Å². The maximum absolute atomic E-state index is 12.4. The van der Waals surface area contributed by atoms with Gasteiger partial charge in [0.2, 0.25) is 0 Å². The highest BCUT2D eigenvalue weighted by molar-refractivity contribution is 5.94. The Labute approximate surface area is 143 Å². The molecule has 0 unspecified atom stereocenters. The molecule has 0 aliphatic carbocycles. The highest BCUT2D eigenvalue weighted by atomic mass is 16.5. The van der Waals surface area contributed by atoms with E-state index in [4.69, 9.17) is 4.74 Å². The standard InChI is InChI=1S/C20H24N2O2/c1-16-5-7-17(8-6-16)14-21-20(23)19-4-2-3-18(13-19)15-22-9-11-24-12-10-22/h2-8,13H,9-12,14-15H2,1H3,(H,21,23). The van der Waals surface area contributed by atoms with Gasteiger partial charge >= 0.3 is 0 Å². The van der Waals surface area contributed by atoms with E-state index in [1.54, 1.807) is 0 Å². The number of ether oxygens (including phenoxy) is 1. The fourth-order valence-electron chi connectivity index (χ4n) is 2.82. The summed E-state index contributed by atoms with van der Waals surface area (Å²) in [5.74, 6) is -0.0283. The summed E-state index contributed by atoms with van der Waals surface area (Å²) in [6, 6.07) is 16.1. The molecule has 1 heterocycles. The van der Waals surface area contributed by atoms with Gasteiger partial charge in [-0.05, 0) is 30.2 Å². The number of hydrogen-bond donors (Lipinski definition) is 1. The minimum atomic E-state index is -0.0283. The topological polar surface area (TPSA) is 41.6 Å². The molecule has 0 spiro atoms. The zero-order valence-electron chi connectivity index (χ0n) is 14.1. The molecule has 4 heteroatoms. The zero-order valence-corrected chi connectivity index (χ0v) is 14.1. The minimum absolute atomic E-state index is 0.0283. The van der Waals surface area contributed by atoms with Gasteiger partial charge in [0, 0.05) is 31.7 Å². The Balaban J connectivity index is 1.58. The van der Waals surface area contributed by atoms with E-state index in [0.29, 0.717) is 12.1 Å². The fourth-order valence-corrected chi connectivity index (χ4v) is 2.82. The summed E-state index contributed by atoms with van der Waals surface area (Å²) < 4.78 is 5.37. The molecule has 2 aromatic carbocycles. The molecular formula is C20H24N2O2. The van der Waals surface area contributed by atoms with Gasteiger partial charge in [-0.2, -0.15) is 0 Å². The van der Waals surface area contributed by atoms with E-state index < -0.39 is 0 Å². The first-order valence-electron chi connectivity index (χ1n) is 8.43. The van der Waals surface area contributed by atoms with E-state index in [1.807, 2.05) is 30.3 Å². The third-order valence-corrected chi connectivity index (χ3v) is 4.27. The highest BCUT2D eigenvalue weighted by Gasteiger charge is 2.12. The Morgan fingerprint density at radius 2 is 1.83 bits per heavy atom. The second kappa shape index (κ2) is 8.08. The molecule has 0 bridgehead atoms. The predicted octanol–water partition coefficient (Wildman–Crippen LogP) is 2.76. The summed E-state index contributed by atoms with van der Waals surface area (Å²) in [5.41, 5.74) is 4.21. The Morgan fingerprint density at radius 1 is 1.08 bits per heavy atom. The van der Waals surface area contributed by atoms with Gasteiger partial charge in [0.1, 0.15) is 0 Å². The molecule has 0 aromatic heterocycles. The van der Waals surface area contributed by atoms with Crippen LogP contribution in [0.2, 0.25) is 0 Å². The second-order valence-electron chi connectivity index (χ2n) is 6.26. The van der Waals surface area contributed by atoms with E-state index in [0.717, 1.165) is 38.4 Å². The number of aryl methyl sites for hydroxylation is 1. The van der Waals surface area contributed by atoms with Crippen LogP contribution >= 0.6 is 0 Å². The van der Waals surface area contributed by atoms with Crippen molar-refractivity contribution >= 4 is 5.91 Å². The fraction of sp³-hybridized carbons (Fsp3) is 0.350. The van der Waals surface area contributed by atoms with E-state index >= 15 is 0 Å². The zero-order chi connectivity index (χ0) is 16.8. The molecule has 2 aromatic rings. The third-order valence-electron chi connectivity index (χ3n) is 4.27. The number of nitrogens with zero attached hydrogens (tertiary/aromatic N) is 1. The number of rotatable bonds is 5. The van der Waals surface area contributed by atoms with Crippen molar-refractivity contribution < 1.29 is 9.53 Å². The van der Waals surface area contributed by atoms with Crippen LogP contribution in [0.25, 0.3) is 0 Å². The number of carbonyl (C=O) groups is 1. The largest absolute Gasteiger partial charge is 0.379 e. The average Bonchev–Trinajstić information content (AvgIpc) is 2.62. The summed E-state index contributed by atoms with van der Waals surface area (Å²) in [7, 11) is 0. The molecule has 0 atom stereocenters. The van der Waals surface area contributed by atoms with Gasteiger partial charge in [-0.1, -0.05) is 42.0 Å². The Hall–Kier alpha value is -2.17. The van der Waals surface area contributed by atoms with Gasteiger partial charge in [-0.25, -0.2) is 0 Å². The monoisotopic (exact) mass is 324 g/mol. The molecule has 0 radical (unpaired) electrons. The van der Waals surface area contributed by atoms with Crippen molar-refractivity contribution in [1.82, 2.24) is 10.2 Å². The van der Waals surface area contributed by atoms with E-state index in [1.165, 1.54) is 11.1 Å². The Bertz CT molecular complexity index is 676. The van der Waals surface area contributed by atoms with Crippen molar-refractivity contribution in [2.24, 2.45) is 0 Å². The number of carbonyl (C=O) groups excluding carboxylic acids is 1. The Kier molecular flexibility index (Phi) is 5.62. The lowest BCUT2D eigenvalue weighted by Gasteiger charge is -2.26. The van der Waals surface area contributed by atoms with Crippen LogP contribution in [0, 0.1) is 6.92 Å². The smallest absolute Gasteiger partial charge is 0.251 e. The van der Waals surface area contributed by atoms with Crippen molar-refractivity contribution in [3.63, 3.8) is 0 Å². The summed E-state index contributed by atoms with van der Waals surface area (Å²) >= 11 is 0. The molecule has 1 amide bonds. The molecule has 0 saturated carbocycles. The third kappa shape index (κ3) is 4.66. The van der Waals surface area contributed by atoms with Gasteiger partial charge in [-0.3, -0.25) is 9.69 Å². The number of hydrogen-bond acceptors (Lipinski definition) is 3. The van der Waals surface area contributed by atoms with Gasteiger partial charge in [0.25, 0.3) is 5.91 Å². The molecule has 4 nitrogen and oxygen atoms in total. The first-order chi connectivity index (χ1) is 11.7. The Morgan fingerprint density at radius 3 is 2.58 bits per heavy atom. The lowest BCUT2D eigenvalue weighted by atomic mass is 10.1. The van der Waals surface area contributed by atoms with Crippen LogP contribution in [0.15, 0.2) is 48.5 Å². The van der Waals surface area contributed by atoms with Gasteiger partial charge in [0.15, 0.2) is 0 Å². The number of amides is 1. The molecule has 1 aliphatic heterocycles. The summed E-state index contributed by atoms with van der Waals surface area (Å²) in [4.78, 5) is 14.7. The lowest BCUT2D eigenvalue weighted by Crippen LogP contribution is -2.35. The molecule has 1 saturated heterocycles. The molecule has 1 N–H and O–H groups in total. The second-order valence-corrected chi connectivity index (χ2v) is 6.26. The van der Waals surface area contributed by atoms with E-state index in [9.17, 15) is 4.79 Å². The summed E-state index contributed by atoms with van der Waals surface area (Å²) in [6.07, 6.45) is 0. The molecular weight excluding hydrogens is 300 g/mol. The van der Waals surface area contributed by atoms with Crippen LogP contribution < -0.4 is 5.32 Å². The van der Waals surface area contributed by atoms with Crippen LogP contribution in [0.5, 0.6) is 0 Å². The normalized spacial score (nSPS) is 15.2. The van der Waals surface area contributed by atoms with Crippen LogP contribution in [0.1, 0.15) is 27.0 Å². The molecule has 3 rings (SSSR count). The quantitative estimate of drug-likeness (QED) is 0.919. The maximum Gasteiger partial charge on any atom is 0.251 e. The van der Waals surface area contributed by atoms with Crippen molar-refractivity contribution in [1.29, 1.82) is 0 Å². The average molecular weight is 324 g/mol. The van der Waals surface area contributed by atoms with Crippen molar-refractivity contribution in [2.45, 2.75) is 20.0 Å². The molecule has 126 valence electrons. The molecule has 1 fully saturated rings. The van der Waals surface area contributed by atoms with Crippen LogP contribution in [0.3, 0.4) is 0 Å². The summed E-state index contributed by atoms with van der Waals surface area (Å²) in [6.45, 7) is 6.94. The first-order valence-corrected chi connectivity index (χ1v) is 8.43. The van der Waals surface area contributed by atoms with Crippen molar-refractivity contribution in [3.8, 4) is 0 Å². The van der Waals surface area contributed by atoms with Crippen LogP contribution in [-0.4, -0.2) is 37.1 Å². The minimum Gasteiger partial charge on any atom is -0.379 e. The van der Waals surface area contributed by atoms with Crippen LogP contribution in [0.4, 0.5) is 0 Å². The molecule has 1 aliphatic rings.